The molecule has 0 radical (unpaired) electrons. The van der Waals surface area contributed by atoms with Gasteiger partial charge in [-0.3, -0.25) is 4.67 Å². The third kappa shape index (κ3) is 2.92. The monoisotopic (exact) mass is 181 g/mol. The first kappa shape index (κ1) is 9.70. The third-order valence-corrected chi connectivity index (χ3v) is 3.36. The molecule has 0 saturated heterocycles. The summed E-state index contributed by atoms with van der Waals surface area (Å²) < 4.78 is 2.44. The topological polar surface area (TPSA) is 3.24 Å². The van der Waals surface area contributed by atoms with Gasteiger partial charge in [0, 0.05) is 0 Å². The number of hydrogen-bond acceptors (Lipinski definition) is 1. The maximum Gasteiger partial charge on any atom is -0.000707 e. The lowest BCUT2D eigenvalue weighted by molar-refractivity contribution is 0.519. The van der Waals surface area contributed by atoms with E-state index in [4.69, 9.17) is 0 Å². The van der Waals surface area contributed by atoms with Crippen molar-refractivity contribution in [1.29, 1.82) is 0 Å². The molecular formula is C10H16NP. The van der Waals surface area contributed by atoms with E-state index in [2.05, 4.69) is 48.8 Å². The number of benzene rings is 1. The first-order valence-corrected chi connectivity index (χ1v) is 5.38. The summed E-state index contributed by atoms with van der Waals surface area (Å²) in [7, 11) is 0.829. The van der Waals surface area contributed by atoms with Crippen LogP contribution in [0, 0.1) is 0 Å². The van der Waals surface area contributed by atoms with Crippen LogP contribution in [0.5, 0.6) is 0 Å². The Morgan fingerprint density at radius 3 is 2.17 bits per heavy atom. The molecular weight excluding hydrogens is 165 g/mol. The summed E-state index contributed by atoms with van der Waals surface area (Å²) in [4.78, 5) is 0. The molecule has 0 N–H and O–H groups in total. The van der Waals surface area contributed by atoms with Crippen molar-refractivity contribution in [3.63, 3.8) is 0 Å². The average molecular weight is 181 g/mol. The highest BCUT2D eigenvalue weighted by Crippen LogP contribution is 2.15. The van der Waals surface area contributed by atoms with Crippen LogP contribution >= 0.6 is 8.73 Å². The molecule has 1 atom stereocenters. The lowest BCUT2D eigenvalue weighted by Crippen LogP contribution is -2.15. The highest BCUT2D eigenvalue weighted by atomic mass is 31.1. The second-order valence-electron chi connectivity index (χ2n) is 2.65. The Hall–Kier alpha value is -0.390. The molecule has 1 rings (SSSR count). The van der Waals surface area contributed by atoms with E-state index >= 15 is 0 Å². The van der Waals surface area contributed by atoms with E-state index in [-0.39, 0.29) is 0 Å². The molecule has 0 amide bonds. The van der Waals surface area contributed by atoms with Crippen molar-refractivity contribution in [3.05, 3.63) is 30.3 Å². The molecule has 0 aromatic heterocycles. The van der Waals surface area contributed by atoms with Gasteiger partial charge in [0.05, 0.1) is 0 Å². The van der Waals surface area contributed by atoms with Crippen LogP contribution in [-0.2, 0) is 0 Å². The van der Waals surface area contributed by atoms with Crippen molar-refractivity contribution in [3.8, 4) is 0 Å². The summed E-state index contributed by atoms with van der Waals surface area (Å²) >= 11 is 0. The molecule has 1 aromatic carbocycles. The standard InChI is InChI=1S/C10H16NP/c1-3-11(4-2)12-10-8-6-5-7-9-10/h5-9,12H,3-4H2,1-2H3. The Kier molecular flexibility index (Phi) is 4.27. The Bertz CT molecular complexity index is 206. The van der Waals surface area contributed by atoms with Crippen LogP contribution in [-0.4, -0.2) is 17.8 Å². The zero-order valence-corrected chi connectivity index (χ0v) is 8.75. The molecule has 0 spiro atoms. The fourth-order valence-electron chi connectivity index (χ4n) is 1.08. The van der Waals surface area contributed by atoms with E-state index in [1.54, 1.807) is 0 Å². The Morgan fingerprint density at radius 2 is 1.67 bits per heavy atom. The van der Waals surface area contributed by atoms with Crippen LogP contribution in [0.1, 0.15) is 13.8 Å². The summed E-state index contributed by atoms with van der Waals surface area (Å²) in [5.74, 6) is 0. The number of nitrogens with zero attached hydrogens (tertiary/aromatic N) is 1. The molecule has 0 aliphatic carbocycles. The molecule has 0 bridgehead atoms. The molecule has 1 aromatic rings. The summed E-state index contributed by atoms with van der Waals surface area (Å²) in [6, 6.07) is 10.7. The van der Waals surface area contributed by atoms with Crippen molar-refractivity contribution in [1.82, 2.24) is 4.67 Å². The summed E-state index contributed by atoms with van der Waals surface area (Å²) in [5.41, 5.74) is 0. The molecule has 1 unspecified atom stereocenters. The zero-order valence-electron chi connectivity index (χ0n) is 7.75. The van der Waals surface area contributed by atoms with E-state index in [0.717, 1.165) is 21.8 Å². The van der Waals surface area contributed by atoms with Gasteiger partial charge in [-0.2, -0.15) is 0 Å². The van der Waals surface area contributed by atoms with Crippen molar-refractivity contribution in [2.45, 2.75) is 13.8 Å². The number of hydrogen-bond donors (Lipinski definition) is 0. The minimum atomic E-state index is 0.829. The quantitative estimate of drug-likeness (QED) is 0.644. The fraction of sp³-hybridized carbons (Fsp3) is 0.400. The average Bonchev–Trinajstić information content (AvgIpc) is 2.16. The SMILES string of the molecule is CCN(CC)Pc1ccccc1. The Balaban J connectivity index is 2.51. The van der Waals surface area contributed by atoms with Gasteiger partial charge in [-0.1, -0.05) is 44.2 Å². The predicted octanol–water partition coefficient (Wildman–Crippen LogP) is 2.25. The molecule has 66 valence electrons. The van der Waals surface area contributed by atoms with E-state index in [1.165, 1.54) is 5.30 Å². The Morgan fingerprint density at radius 1 is 1.08 bits per heavy atom. The third-order valence-electron chi connectivity index (χ3n) is 1.82. The van der Waals surface area contributed by atoms with E-state index in [9.17, 15) is 0 Å². The fourth-order valence-corrected chi connectivity index (χ4v) is 2.10. The molecule has 0 saturated carbocycles. The molecule has 2 heteroatoms. The van der Waals surface area contributed by atoms with Crippen LogP contribution in [0.3, 0.4) is 0 Å². The molecule has 0 heterocycles. The van der Waals surface area contributed by atoms with Crippen LogP contribution in [0.25, 0.3) is 0 Å². The van der Waals surface area contributed by atoms with Crippen LogP contribution in [0.4, 0.5) is 0 Å². The Labute approximate surface area is 76.6 Å². The van der Waals surface area contributed by atoms with Crippen molar-refractivity contribution in [2.75, 3.05) is 13.1 Å². The summed E-state index contributed by atoms with van der Waals surface area (Å²) in [6.45, 7) is 6.70. The molecule has 12 heavy (non-hydrogen) atoms. The van der Waals surface area contributed by atoms with Gasteiger partial charge in [-0.05, 0) is 27.1 Å². The van der Waals surface area contributed by atoms with Gasteiger partial charge in [-0.25, -0.2) is 0 Å². The molecule has 0 fully saturated rings. The maximum atomic E-state index is 2.44. The van der Waals surface area contributed by atoms with Gasteiger partial charge < -0.3 is 0 Å². The molecule has 1 nitrogen and oxygen atoms in total. The normalized spacial score (nSPS) is 11.6. The van der Waals surface area contributed by atoms with Gasteiger partial charge in [0.2, 0.25) is 0 Å². The van der Waals surface area contributed by atoms with Crippen molar-refractivity contribution >= 4 is 14.0 Å². The minimum absolute atomic E-state index is 0.829. The maximum absolute atomic E-state index is 2.44. The highest BCUT2D eigenvalue weighted by molar-refractivity contribution is 7.44. The van der Waals surface area contributed by atoms with Crippen molar-refractivity contribution < 1.29 is 0 Å². The van der Waals surface area contributed by atoms with E-state index < -0.39 is 0 Å². The van der Waals surface area contributed by atoms with E-state index in [0.29, 0.717) is 0 Å². The number of rotatable bonds is 4. The van der Waals surface area contributed by atoms with E-state index in [1.807, 2.05) is 0 Å². The zero-order chi connectivity index (χ0) is 8.81. The minimum Gasteiger partial charge on any atom is -0.281 e. The lowest BCUT2D eigenvalue weighted by Gasteiger charge is -2.17. The molecule has 0 aliphatic rings. The molecule has 0 aliphatic heterocycles. The van der Waals surface area contributed by atoms with Crippen LogP contribution < -0.4 is 5.30 Å². The second-order valence-corrected chi connectivity index (χ2v) is 4.08. The highest BCUT2D eigenvalue weighted by Gasteiger charge is 1.98. The van der Waals surface area contributed by atoms with Gasteiger partial charge in [0.15, 0.2) is 0 Å². The first-order chi connectivity index (χ1) is 5.86. The van der Waals surface area contributed by atoms with Gasteiger partial charge in [0.25, 0.3) is 0 Å². The second kappa shape index (κ2) is 5.29. The van der Waals surface area contributed by atoms with Crippen molar-refractivity contribution in [2.24, 2.45) is 0 Å². The van der Waals surface area contributed by atoms with Crippen LogP contribution in [0.15, 0.2) is 30.3 Å². The predicted molar refractivity (Wildman–Crippen MR) is 57.3 cm³/mol. The van der Waals surface area contributed by atoms with Gasteiger partial charge >= 0.3 is 0 Å². The van der Waals surface area contributed by atoms with Gasteiger partial charge in [-0.15, -0.1) is 0 Å². The van der Waals surface area contributed by atoms with Crippen LogP contribution in [0.2, 0.25) is 0 Å². The lowest BCUT2D eigenvalue weighted by atomic mass is 10.4. The smallest absolute Gasteiger partial charge is 0.000707 e. The summed E-state index contributed by atoms with van der Waals surface area (Å²) in [6.07, 6.45) is 0. The van der Waals surface area contributed by atoms with Gasteiger partial charge in [0.1, 0.15) is 0 Å². The first-order valence-electron chi connectivity index (χ1n) is 4.43. The largest absolute Gasteiger partial charge is 0.281 e. The summed E-state index contributed by atoms with van der Waals surface area (Å²) in [5, 5.41) is 1.43.